The predicted octanol–water partition coefficient (Wildman–Crippen LogP) is 3.48. The molecule has 0 saturated heterocycles. The Balaban J connectivity index is 2.43. The van der Waals surface area contributed by atoms with Gasteiger partial charge >= 0.3 is 11.9 Å². The summed E-state index contributed by atoms with van der Waals surface area (Å²) in [7, 11) is 2.47. The van der Waals surface area contributed by atoms with Crippen LogP contribution in [-0.2, 0) is 14.3 Å². The number of benzene rings is 1. The molecule has 2 N–H and O–H groups in total. The van der Waals surface area contributed by atoms with Crippen LogP contribution in [0.15, 0.2) is 24.3 Å². The number of ether oxygens (including phenoxy) is 2. The molecule has 0 bridgehead atoms. The summed E-state index contributed by atoms with van der Waals surface area (Å²) in [6, 6.07) is 6.40. The average molecular weight is 418 g/mol. The van der Waals surface area contributed by atoms with E-state index in [9.17, 15) is 19.2 Å². The van der Waals surface area contributed by atoms with Crippen LogP contribution in [0.25, 0.3) is 0 Å². The molecule has 8 nitrogen and oxygen atoms in total. The molecule has 0 saturated carbocycles. The van der Waals surface area contributed by atoms with Crippen molar-refractivity contribution in [1.29, 1.82) is 0 Å². The standard InChI is InChI=1S/C20H22N2O6S/c1-10(2)16(23)22-18-14(20(26)28-5)11(3)15(29-18)17(24)21-13-9-7-6-8-12(13)19(25)27-4/h6-10H,1-5H3,(H,21,24)(H,22,23). The van der Waals surface area contributed by atoms with Gasteiger partial charge in [-0.25, -0.2) is 9.59 Å². The van der Waals surface area contributed by atoms with Crippen LogP contribution >= 0.6 is 11.3 Å². The van der Waals surface area contributed by atoms with Gasteiger partial charge in [0.25, 0.3) is 5.91 Å². The molecule has 0 aliphatic carbocycles. The first kappa shape index (κ1) is 22.1. The van der Waals surface area contributed by atoms with Gasteiger partial charge in [0.2, 0.25) is 5.91 Å². The zero-order valence-corrected chi connectivity index (χ0v) is 17.6. The summed E-state index contributed by atoms with van der Waals surface area (Å²) in [4.78, 5) is 49.3. The first-order chi connectivity index (χ1) is 13.7. The Labute approximate surface area is 172 Å². The van der Waals surface area contributed by atoms with Crippen molar-refractivity contribution in [2.24, 2.45) is 5.92 Å². The van der Waals surface area contributed by atoms with E-state index in [-0.39, 0.29) is 38.5 Å². The molecule has 1 aromatic carbocycles. The third-order valence-electron chi connectivity index (χ3n) is 4.08. The Hall–Kier alpha value is -3.20. The summed E-state index contributed by atoms with van der Waals surface area (Å²) >= 11 is 0.962. The highest BCUT2D eigenvalue weighted by atomic mass is 32.1. The zero-order chi connectivity index (χ0) is 21.7. The molecule has 2 amide bonds. The highest BCUT2D eigenvalue weighted by Gasteiger charge is 2.27. The summed E-state index contributed by atoms with van der Waals surface area (Å²) in [5.74, 6) is -2.39. The highest BCUT2D eigenvalue weighted by molar-refractivity contribution is 7.19. The number of hydrogen-bond acceptors (Lipinski definition) is 7. The summed E-state index contributed by atoms with van der Waals surface area (Å²) in [6.45, 7) is 5.02. The van der Waals surface area contributed by atoms with Crippen LogP contribution in [-0.4, -0.2) is 38.0 Å². The molecule has 0 aliphatic heterocycles. The lowest BCUT2D eigenvalue weighted by Crippen LogP contribution is -2.19. The first-order valence-electron chi connectivity index (χ1n) is 8.72. The van der Waals surface area contributed by atoms with E-state index < -0.39 is 17.8 Å². The quantitative estimate of drug-likeness (QED) is 0.695. The molecular formula is C20H22N2O6S. The van der Waals surface area contributed by atoms with E-state index >= 15 is 0 Å². The number of anilines is 2. The van der Waals surface area contributed by atoms with Crippen LogP contribution in [0.3, 0.4) is 0 Å². The van der Waals surface area contributed by atoms with Crippen molar-refractivity contribution in [3.63, 3.8) is 0 Å². The van der Waals surface area contributed by atoms with E-state index in [1.54, 1.807) is 39.0 Å². The monoisotopic (exact) mass is 418 g/mol. The van der Waals surface area contributed by atoms with E-state index in [2.05, 4.69) is 10.6 Å². The fourth-order valence-electron chi connectivity index (χ4n) is 2.48. The van der Waals surface area contributed by atoms with Gasteiger partial charge in [0.05, 0.1) is 35.9 Å². The molecule has 1 aromatic heterocycles. The predicted molar refractivity (Wildman–Crippen MR) is 110 cm³/mol. The molecule has 0 spiro atoms. The molecular weight excluding hydrogens is 396 g/mol. The smallest absolute Gasteiger partial charge is 0.341 e. The molecule has 0 radical (unpaired) electrons. The van der Waals surface area contributed by atoms with Gasteiger partial charge in [-0.2, -0.15) is 0 Å². The maximum atomic E-state index is 12.9. The number of amides is 2. The Bertz CT molecular complexity index is 964. The lowest BCUT2D eigenvalue weighted by atomic mass is 10.1. The van der Waals surface area contributed by atoms with Crippen molar-refractivity contribution in [3.05, 3.63) is 45.8 Å². The van der Waals surface area contributed by atoms with Crippen LogP contribution in [0.4, 0.5) is 10.7 Å². The van der Waals surface area contributed by atoms with Crippen molar-refractivity contribution in [2.45, 2.75) is 20.8 Å². The minimum Gasteiger partial charge on any atom is -0.465 e. The number of carbonyl (C=O) groups is 4. The maximum absolute atomic E-state index is 12.9. The second-order valence-electron chi connectivity index (χ2n) is 6.39. The second kappa shape index (κ2) is 9.33. The SMILES string of the molecule is COC(=O)c1ccccc1NC(=O)c1sc(NC(=O)C(C)C)c(C(=O)OC)c1C. The number of methoxy groups -OCH3 is 2. The minimum absolute atomic E-state index is 0.123. The molecule has 9 heteroatoms. The van der Waals surface area contributed by atoms with Crippen LogP contribution in [0.1, 0.15) is 49.8 Å². The third kappa shape index (κ3) is 4.80. The van der Waals surface area contributed by atoms with Crippen molar-refractivity contribution in [1.82, 2.24) is 0 Å². The van der Waals surface area contributed by atoms with Crippen molar-refractivity contribution >= 4 is 45.8 Å². The van der Waals surface area contributed by atoms with Crippen LogP contribution in [0, 0.1) is 12.8 Å². The normalized spacial score (nSPS) is 10.4. The van der Waals surface area contributed by atoms with Gasteiger partial charge in [0.15, 0.2) is 0 Å². The van der Waals surface area contributed by atoms with Gasteiger partial charge < -0.3 is 20.1 Å². The Morgan fingerprint density at radius 1 is 0.966 bits per heavy atom. The summed E-state index contributed by atoms with van der Waals surface area (Å²) in [6.07, 6.45) is 0. The van der Waals surface area contributed by atoms with Gasteiger partial charge in [-0.3, -0.25) is 9.59 Å². The van der Waals surface area contributed by atoms with E-state index in [1.165, 1.54) is 20.3 Å². The molecule has 0 unspecified atom stereocenters. The molecule has 0 aliphatic rings. The van der Waals surface area contributed by atoms with E-state index in [4.69, 9.17) is 9.47 Å². The second-order valence-corrected chi connectivity index (χ2v) is 7.41. The fraction of sp³-hybridized carbons (Fsp3) is 0.300. The number of hydrogen-bond donors (Lipinski definition) is 2. The van der Waals surface area contributed by atoms with Crippen molar-refractivity contribution in [3.8, 4) is 0 Å². The molecule has 0 fully saturated rings. The Morgan fingerprint density at radius 2 is 1.59 bits per heavy atom. The number of para-hydroxylation sites is 1. The van der Waals surface area contributed by atoms with Crippen molar-refractivity contribution in [2.75, 3.05) is 24.9 Å². The Morgan fingerprint density at radius 3 is 2.17 bits per heavy atom. The van der Waals surface area contributed by atoms with Gasteiger partial charge in [0, 0.05) is 5.92 Å². The highest BCUT2D eigenvalue weighted by Crippen LogP contribution is 2.34. The van der Waals surface area contributed by atoms with E-state index in [1.807, 2.05) is 0 Å². The number of esters is 2. The number of rotatable bonds is 6. The number of thiophene rings is 1. The summed E-state index contributed by atoms with van der Waals surface area (Å²) < 4.78 is 9.53. The number of nitrogens with one attached hydrogen (secondary N) is 2. The Kier molecular flexibility index (Phi) is 7.11. The van der Waals surface area contributed by atoms with Gasteiger partial charge in [0.1, 0.15) is 5.00 Å². The molecule has 29 heavy (non-hydrogen) atoms. The third-order valence-corrected chi connectivity index (χ3v) is 5.29. The van der Waals surface area contributed by atoms with Gasteiger partial charge in [-0.05, 0) is 24.6 Å². The van der Waals surface area contributed by atoms with Crippen molar-refractivity contribution < 1.29 is 28.7 Å². The molecule has 154 valence electrons. The lowest BCUT2D eigenvalue weighted by Gasteiger charge is -2.09. The maximum Gasteiger partial charge on any atom is 0.341 e. The van der Waals surface area contributed by atoms with Gasteiger partial charge in [-0.1, -0.05) is 26.0 Å². The molecule has 2 aromatic rings. The average Bonchev–Trinajstić information content (AvgIpc) is 3.03. The zero-order valence-electron chi connectivity index (χ0n) is 16.7. The molecule has 0 atom stereocenters. The van der Waals surface area contributed by atoms with Gasteiger partial charge in [-0.15, -0.1) is 11.3 Å². The first-order valence-corrected chi connectivity index (χ1v) is 9.54. The summed E-state index contributed by atoms with van der Waals surface area (Å²) in [5, 5.41) is 5.57. The van der Waals surface area contributed by atoms with E-state index in [0.717, 1.165) is 11.3 Å². The topological polar surface area (TPSA) is 111 Å². The van der Waals surface area contributed by atoms with Crippen LogP contribution in [0.5, 0.6) is 0 Å². The summed E-state index contributed by atoms with van der Waals surface area (Å²) in [5.41, 5.74) is 0.954. The van der Waals surface area contributed by atoms with E-state index in [0.29, 0.717) is 5.56 Å². The fourth-order valence-corrected chi connectivity index (χ4v) is 3.57. The molecule has 1 heterocycles. The van der Waals surface area contributed by atoms with Crippen LogP contribution < -0.4 is 10.6 Å². The minimum atomic E-state index is -0.660. The number of carbonyl (C=O) groups excluding carboxylic acids is 4. The lowest BCUT2D eigenvalue weighted by molar-refractivity contribution is -0.118. The van der Waals surface area contributed by atoms with Crippen LogP contribution in [0.2, 0.25) is 0 Å². The largest absolute Gasteiger partial charge is 0.465 e. The molecule has 2 rings (SSSR count).